The number of aromatic nitrogens is 2. The highest BCUT2D eigenvalue weighted by Gasteiger charge is 2.20. The molecular weight excluding hydrogens is 266 g/mol. The SMILES string of the molecule is COc1ncccc1-c1onc(N)c1-c1ccc(C)cc1. The molecule has 0 aliphatic heterocycles. The van der Waals surface area contributed by atoms with Crippen molar-refractivity contribution in [3.63, 3.8) is 0 Å². The normalized spacial score (nSPS) is 10.6. The van der Waals surface area contributed by atoms with Crippen molar-refractivity contribution in [2.45, 2.75) is 6.92 Å². The van der Waals surface area contributed by atoms with Crippen LogP contribution in [0, 0.1) is 6.92 Å². The minimum Gasteiger partial charge on any atom is -0.480 e. The molecule has 5 heteroatoms. The summed E-state index contributed by atoms with van der Waals surface area (Å²) in [5.74, 6) is 1.38. The van der Waals surface area contributed by atoms with E-state index in [-0.39, 0.29) is 0 Å². The van der Waals surface area contributed by atoms with E-state index in [0.717, 1.165) is 16.7 Å². The Bertz CT molecular complexity index is 763. The molecule has 0 atom stereocenters. The standard InChI is InChI=1S/C16H15N3O2/c1-10-5-7-11(8-6-10)13-14(21-19-15(13)17)12-4-3-9-18-16(12)20-2/h3-9H,1-2H3,(H2,17,19). The average Bonchev–Trinajstić information content (AvgIpc) is 2.90. The second-order valence-electron chi connectivity index (χ2n) is 4.70. The van der Waals surface area contributed by atoms with Gasteiger partial charge in [0.05, 0.1) is 18.2 Å². The van der Waals surface area contributed by atoms with Crippen molar-refractivity contribution < 1.29 is 9.26 Å². The molecule has 0 saturated carbocycles. The second kappa shape index (κ2) is 5.28. The van der Waals surface area contributed by atoms with Crippen LogP contribution in [0.25, 0.3) is 22.5 Å². The quantitative estimate of drug-likeness (QED) is 0.797. The molecule has 0 aliphatic rings. The molecule has 2 heterocycles. The zero-order chi connectivity index (χ0) is 14.8. The maximum absolute atomic E-state index is 5.97. The Kier molecular flexibility index (Phi) is 3.31. The Morgan fingerprint density at radius 1 is 1.14 bits per heavy atom. The number of anilines is 1. The topological polar surface area (TPSA) is 74.2 Å². The summed E-state index contributed by atoms with van der Waals surface area (Å²) in [5, 5.41) is 3.89. The van der Waals surface area contributed by atoms with Crippen molar-refractivity contribution >= 4 is 5.82 Å². The van der Waals surface area contributed by atoms with Gasteiger partial charge in [0.15, 0.2) is 11.6 Å². The van der Waals surface area contributed by atoms with E-state index in [1.807, 2.05) is 43.3 Å². The lowest BCUT2D eigenvalue weighted by Crippen LogP contribution is -1.92. The van der Waals surface area contributed by atoms with Gasteiger partial charge in [-0.15, -0.1) is 0 Å². The molecule has 0 bridgehead atoms. The number of rotatable bonds is 3. The van der Waals surface area contributed by atoms with E-state index < -0.39 is 0 Å². The van der Waals surface area contributed by atoms with Crippen molar-refractivity contribution in [1.29, 1.82) is 0 Å². The molecule has 3 aromatic rings. The largest absolute Gasteiger partial charge is 0.480 e. The number of methoxy groups -OCH3 is 1. The summed E-state index contributed by atoms with van der Waals surface area (Å²) in [6, 6.07) is 11.7. The van der Waals surface area contributed by atoms with Gasteiger partial charge in [-0.25, -0.2) is 4.98 Å². The van der Waals surface area contributed by atoms with Gasteiger partial charge in [0, 0.05) is 6.20 Å². The molecule has 0 fully saturated rings. The fourth-order valence-corrected chi connectivity index (χ4v) is 2.21. The number of ether oxygens (including phenoxy) is 1. The van der Waals surface area contributed by atoms with Crippen molar-refractivity contribution in [3.05, 3.63) is 48.2 Å². The Labute approximate surface area is 122 Å². The third-order valence-electron chi connectivity index (χ3n) is 3.27. The van der Waals surface area contributed by atoms with E-state index >= 15 is 0 Å². The van der Waals surface area contributed by atoms with Crippen LogP contribution in [-0.4, -0.2) is 17.3 Å². The minimum atomic E-state index is 0.347. The lowest BCUT2D eigenvalue weighted by atomic mass is 10.0. The Balaban J connectivity index is 2.19. The van der Waals surface area contributed by atoms with Crippen LogP contribution in [0.4, 0.5) is 5.82 Å². The fourth-order valence-electron chi connectivity index (χ4n) is 2.21. The summed E-state index contributed by atoms with van der Waals surface area (Å²) in [4.78, 5) is 4.18. The van der Waals surface area contributed by atoms with Crippen molar-refractivity contribution in [2.75, 3.05) is 12.8 Å². The first-order valence-electron chi connectivity index (χ1n) is 6.52. The zero-order valence-electron chi connectivity index (χ0n) is 11.8. The Morgan fingerprint density at radius 3 is 2.62 bits per heavy atom. The fraction of sp³-hybridized carbons (Fsp3) is 0.125. The number of nitrogens with zero attached hydrogens (tertiary/aromatic N) is 2. The van der Waals surface area contributed by atoms with Crippen LogP contribution < -0.4 is 10.5 Å². The predicted molar refractivity (Wildman–Crippen MR) is 80.9 cm³/mol. The lowest BCUT2D eigenvalue weighted by molar-refractivity contribution is 0.393. The van der Waals surface area contributed by atoms with E-state index in [1.54, 1.807) is 13.3 Å². The Hall–Kier alpha value is -2.82. The van der Waals surface area contributed by atoms with Crippen LogP contribution in [0.3, 0.4) is 0 Å². The number of benzene rings is 1. The maximum atomic E-state index is 5.97. The smallest absolute Gasteiger partial charge is 0.224 e. The maximum Gasteiger partial charge on any atom is 0.224 e. The summed E-state index contributed by atoms with van der Waals surface area (Å²) in [7, 11) is 1.57. The van der Waals surface area contributed by atoms with Crippen LogP contribution in [-0.2, 0) is 0 Å². The molecule has 0 radical (unpaired) electrons. The molecule has 21 heavy (non-hydrogen) atoms. The van der Waals surface area contributed by atoms with Gasteiger partial charge in [-0.1, -0.05) is 35.0 Å². The van der Waals surface area contributed by atoms with Crippen LogP contribution in [0.15, 0.2) is 47.1 Å². The van der Waals surface area contributed by atoms with Gasteiger partial charge >= 0.3 is 0 Å². The van der Waals surface area contributed by atoms with Gasteiger partial charge in [0.2, 0.25) is 5.88 Å². The summed E-state index contributed by atoms with van der Waals surface area (Å²) in [6.45, 7) is 2.03. The van der Waals surface area contributed by atoms with E-state index in [9.17, 15) is 0 Å². The first kappa shape index (κ1) is 13.2. The molecule has 0 unspecified atom stereocenters. The molecule has 1 aromatic carbocycles. The number of aryl methyl sites for hydroxylation is 1. The van der Waals surface area contributed by atoms with Crippen LogP contribution in [0.1, 0.15) is 5.56 Å². The third kappa shape index (κ3) is 2.33. The summed E-state index contributed by atoms with van der Waals surface area (Å²) < 4.78 is 10.7. The van der Waals surface area contributed by atoms with E-state index in [2.05, 4.69) is 10.1 Å². The molecule has 5 nitrogen and oxygen atoms in total. The van der Waals surface area contributed by atoms with Crippen LogP contribution in [0.2, 0.25) is 0 Å². The summed E-state index contributed by atoms with van der Waals surface area (Å²) in [6.07, 6.45) is 1.66. The van der Waals surface area contributed by atoms with Crippen molar-refractivity contribution in [1.82, 2.24) is 10.1 Å². The number of hydrogen-bond donors (Lipinski definition) is 1. The number of nitrogens with two attached hydrogens (primary N) is 1. The molecule has 0 aliphatic carbocycles. The molecule has 0 spiro atoms. The van der Waals surface area contributed by atoms with Gasteiger partial charge in [-0.2, -0.15) is 0 Å². The van der Waals surface area contributed by atoms with Gasteiger partial charge < -0.3 is 15.0 Å². The monoisotopic (exact) mass is 281 g/mol. The number of hydrogen-bond acceptors (Lipinski definition) is 5. The van der Waals surface area contributed by atoms with Crippen molar-refractivity contribution in [3.8, 4) is 28.3 Å². The first-order valence-corrected chi connectivity index (χ1v) is 6.52. The van der Waals surface area contributed by atoms with Crippen molar-refractivity contribution in [2.24, 2.45) is 0 Å². The van der Waals surface area contributed by atoms with E-state index in [0.29, 0.717) is 17.5 Å². The average molecular weight is 281 g/mol. The zero-order valence-corrected chi connectivity index (χ0v) is 11.8. The van der Waals surface area contributed by atoms with Gasteiger partial charge in [0.1, 0.15) is 0 Å². The summed E-state index contributed by atoms with van der Waals surface area (Å²) in [5.41, 5.74) is 9.57. The minimum absolute atomic E-state index is 0.347. The van der Waals surface area contributed by atoms with E-state index in [1.165, 1.54) is 5.56 Å². The lowest BCUT2D eigenvalue weighted by Gasteiger charge is -2.06. The number of pyridine rings is 1. The van der Waals surface area contributed by atoms with Crippen LogP contribution in [0.5, 0.6) is 5.88 Å². The van der Waals surface area contributed by atoms with Gasteiger partial charge in [0.25, 0.3) is 0 Å². The predicted octanol–water partition coefficient (Wildman–Crippen LogP) is 3.30. The van der Waals surface area contributed by atoms with Gasteiger partial charge in [-0.05, 0) is 24.6 Å². The highest BCUT2D eigenvalue weighted by molar-refractivity contribution is 5.87. The molecule has 0 amide bonds. The second-order valence-corrected chi connectivity index (χ2v) is 4.70. The molecule has 106 valence electrons. The Morgan fingerprint density at radius 2 is 1.90 bits per heavy atom. The molecular formula is C16H15N3O2. The highest BCUT2D eigenvalue weighted by atomic mass is 16.5. The highest BCUT2D eigenvalue weighted by Crippen LogP contribution is 2.39. The molecule has 0 saturated heterocycles. The molecule has 2 aromatic heterocycles. The van der Waals surface area contributed by atoms with E-state index in [4.69, 9.17) is 15.0 Å². The summed E-state index contributed by atoms with van der Waals surface area (Å²) >= 11 is 0. The third-order valence-corrected chi connectivity index (χ3v) is 3.27. The first-order chi connectivity index (χ1) is 10.2. The number of nitrogen functional groups attached to an aromatic ring is 1. The molecule has 2 N–H and O–H groups in total. The molecule has 3 rings (SSSR count). The van der Waals surface area contributed by atoms with Gasteiger partial charge in [-0.3, -0.25) is 0 Å². The van der Waals surface area contributed by atoms with Crippen LogP contribution >= 0.6 is 0 Å².